The van der Waals surface area contributed by atoms with Gasteiger partial charge in [-0.3, -0.25) is 14.5 Å². The van der Waals surface area contributed by atoms with Crippen molar-refractivity contribution in [2.75, 3.05) is 26.9 Å². The number of benzene rings is 2. The van der Waals surface area contributed by atoms with Crippen molar-refractivity contribution in [3.8, 4) is 17.2 Å². The molecule has 0 unspecified atom stereocenters. The SMILES string of the molecule is COc1cc(/C=C2\SC(=O)N(CCOc3ccccc3Cl)C2=O)ccc1OCC(=O)O. The van der Waals surface area contributed by atoms with Gasteiger partial charge in [0.25, 0.3) is 11.1 Å². The van der Waals surface area contributed by atoms with Crippen LogP contribution in [0, 0.1) is 0 Å². The molecule has 8 nitrogen and oxygen atoms in total. The number of nitrogens with zero attached hydrogens (tertiary/aromatic N) is 1. The minimum absolute atomic E-state index is 0.0819. The molecule has 162 valence electrons. The number of amides is 2. The maximum atomic E-state index is 12.6. The summed E-state index contributed by atoms with van der Waals surface area (Å²) >= 11 is 6.85. The normalized spacial score (nSPS) is 14.8. The lowest BCUT2D eigenvalue weighted by atomic mass is 10.2. The summed E-state index contributed by atoms with van der Waals surface area (Å²) in [5, 5.41) is 8.78. The highest BCUT2D eigenvalue weighted by Gasteiger charge is 2.34. The molecule has 2 aromatic carbocycles. The fraction of sp³-hybridized carbons (Fsp3) is 0.190. The van der Waals surface area contributed by atoms with E-state index >= 15 is 0 Å². The van der Waals surface area contributed by atoms with Gasteiger partial charge in [-0.1, -0.05) is 29.8 Å². The van der Waals surface area contributed by atoms with E-state index in [0.29, 0.717) is 22.1 Å². The van der Waals surface area contributed by atoms with Crippen LogP contribution in [0.2, 0.25) is 5.02 Å². The summed E-state index contributed by atoms with van der Waals surface area (Å²) in [5.41, 5.74) is 0.595. The third-order valence-corrected chi connectivity index (χ3v) is 5.34. The lowest BCUT2D eigenvalue weighted by Gasteiger charge is -2.13. The molecule has 0 spiro atoms. The standard InChI is InChI=1S/C21H18ClNO7S/c1-28-17-10-13(6-7-16(17)30-12-19(24)25)11-18-20(26)23(21(27)31-18)8-9-29-15-5-3-2-4-14(15)22/h2-7,10-11H,8-9,12H2,1H3,(H,24,25)/b18-11-. The van der Waals surface area contributed by atoms with E-state index in [1.165, 1.54) is 13.2 Å². The number of carbonyl (C=O) groups excluding carboxylic acids is 2. The second kappa shape index (κ2) is 10.2. The number of halogens is 1. The third-order valence-electron chi connectivity index (χ3n) is 4.12. The second-order valence-electron chi connectivity index (χ2n) is 6.20. The average Bonchev–Trinajstić information content (AvgIpc) is 3.01. The predicted octanol–water partition coefficient (Wildman–Crippen LogP) is 3.93. The number of para-hydroxylation sites is 1. The summed E-state index contributed by atoms with van der Waals surface area (Å²) < 4.78 is 15.9. The summed E-state index contributed by atoms with van der Waals surface area (Å²) in [7, 11) is 1.42. The number of carboxylic acids is 1. The zero-order chi connectivity index (χ0) is 22.4. The van der Waals surface area contributed by atoms with Crippen molar-refractivity contribution in [3.05, 3.63) is 58.0 Å². The Hall–Kier alpha value is -3.17. The van der Waals surface area contributed by atoms with Crippen molar-refractivity contribution in [3.63, 3.8) is 0 Å². The van der Waals surface area contributed by atoms with Gasteiger partial charge in [0.2, 0.25) is 0 Å². The van der Waals surface area contributed by atoms with Crippen LogP contribution in [-0.2, 0) is 9.59 Å². The van der Waals surface area contributed by atoms with E-state index in [0.717, 1.165) is 16.7 Å². The predicted molar refractivity (Wildman–Crippen MR) is 116 cm³/mol. The second-order valence-corrected chi connectivity index (χ2v) is 7.61. The van der Waals surface area contributed by atoms with E-state index in [1.54, 1.807) is 42.5 Å². The molecular weight excluding hydrogens is 446 g/mol. The lowest BCUT2D eigenvalue weighted by Crippen LogP contribution is -2.32. The number of imide groups is 1. The number of carbonyl (C=O) groups is 3. The first-order chi connectivity index (χ1) is 14.9. The Labute approximate surface area is 187 Å². The van der Waals surface area contributed by atoms with Gasteiger partial charge in [-0.25, -0.2) is 4.79 Å². The van der Waals surface area contributed by atoms with Crippen molar-refractivity contribution in [1.29, 1.82) is 0 Å². The Morgan fingerprint density at radius 1 is 1.13 bits per heavy atom. The van der Waals surface area contributed by atoms with Gasteiger partial charge in [-0.2, -0.15) is 0 Å². The molecule has 3 rings (SSSR count). The summed E-state index contributed by atoms with van der Waals surface area (Å²) in [4.78, 5) is 36.9. The summed E-state index contributed by atoms with van der Waals surface area (Å²) in [6, 6.07) is 11.7. The molecule has 31 heavy (non-hydrogen) atoms. The molecule has 1 fully saturated rings. The number of aliphatic carboxylic acids is 1. The van der Waals surface area contributed by atoms with Gasteiger partial charge in [0.15, 0.2) is 18.1 Å². The monoisotopic (exact) mass is 463 g/mol. The molecule has 0 atom stereocenters. The molecule has 0 bridgehead atoms. The van der Waals surface area contributed by atoms with Crippen molar-refractivity contribution >= 4 is 46.6 Å². The van der Waals surface area contributed by atoms with Crippen LogP contribution in [0.15, 0.2) is 47.4 Å². The van der Waals surface area contributed by atoms with Crippen LogP contribution in [0.5, 0.6) is 17.2 Å². The number of carboxylic acid groups (broad SMARTS) is 1. The lowest BCUT2D eigenvalue weighted by molar-refractivity contribution is -0.139. The van der Waals surface area contributed by atoms with E-state index < -0.39 is 23.7 Å². The number of thioether (sulfide) groups is 1. The van der Waals surface area contributed by atoms with Gasteiger partial charge < -0.3 is 19.3 Å². The Kier molecular flexibility index (Phi) is 7.43. The van der Waals surface area contributed by atoms with Crippen molar-refractivity contribution < 1.29 is 33.7 Å². The molecule has 1 saturated heterocycles. The van der Waals surface area contributed by atoms with Crippen LogP contribution in [0.1, 0.15) is 5.56 Å². The first kappa shape index (κ1) is 22.5. The molecule has 1 aliphatic heterocycles. The topological polar surface area (TPSA) is 102 Å². The van der Waals surface area contributed by atoms with E-state index in [2.05, 4.69) is 0 Å². The van der Waals surface area contributed by atoms with Crippen LogP contribution >= 0.6 is 23.4 Å². The zero-order valence-corrected chi connectivity index (χ0v) is 17.9. The Morgan fingerprint density at radius 3 is 2.61 bits per heavy atom. The molecule has 0 saturated carbocycles. The van der Waals surface area contributed by atoms with Crippen LogP contribution in [0.4, 0.5) is 4.79 Å². The van der Waals surface area contributed by atoms with E-state index in [4.69, 9.17) is 30.9 Å². The van der Waals surface area contributed by atoms with Crippen LogP contribution < -0.4 is 14.2 Å². The highest BCUT2D eigenvalue weighted by Crippen LogP contribution is 2.34. The summed E-state index contributed by atoms with van der Waals surface area (Å²) in [6.45, 7) is -0.318. The van der Waals surface area contributed by atoms with Crippen molar-refractivity contribution in [2.24, 2.45) is 0 Å². The van der Waals surface area contributed by atoms with Crippen molar-refractivity contribution in [1.82, 2.24) is 4.90 Å². The van der Waals surface area contributed by atoms with Gasteiger partial charge in [0.1, 0.15) is 12.4 Å². The number of ether oxygens (including phenoxy) is 3. The van der Waals surface area contributed by atoms with Gasteiger partial charge in [-0.05, 0) is 47.7 Å². The maximum Gasteiger partial charge on any atom is 0.341 e. The number of rotatable bonds is 9. The molecule has 1 N–H and O–H groups in total. The smallest absolute Gasteiger partial charge is 0.341 e. The average molecular weight is 464 g/mol. The first-order valence-electron chi connectivity index (χ1n) is 9.04. The summed E-state index contributed by atoms with van der Waals surface area (Å²) in [5.74, 6) is -0.500. The molecule has 2 aromatic rings. The molecule has 1 heterocycles. The molecular formula is C21H18ClNO7S. The Balaban J connectivity index is 1.66. The molecule has 2 amide bonds. The quantitative estimate of drug-likeness (QED) is 0.558. The molecule has 0 aliphatic carbocycles. The first-order valence-corrected chi connectivity index (χ1v) is 10.2. The zero-order valence-electron chi connectivity index (χ0n) is 16.4. The fourth-order valence-electron chi connectivity index (χ4n) is 2.69. The van der Waals surface area contributed by atoms with E-state index in [1.807, 2.05) is 0 Å². The van der Waals surface area contributed by atoms with Gasteiger partial charge in [-0.15, -0.1) is 0 Å². The van der Waals surface area contributed by atoms with Crippen LogP contribution in [0.3, 0.4) is 0 Å². The summed E-state index contributed by atoms with van der Waals surface area (Å²) in [6.07, 6.45) is 1.56. The molecule has 0 aromatic heterocycles. The van der Waals surface area contributed by atoms with Gasteiger partial charge in [0, 0.05) is 0 Å². The number of hydrogen-bond donors (Lipinski definition) is 1. The highest BCUT2D eigenvalue weighted by atomic mass is 35.5. The third kappa shape index (κ3) is 5.71. The van der Waals surface area contributed by atoms with Crippen molar-refractivity contribution in [2.45, 2.75) is 0 Å². The largest absolute Gasteiger partial charge is 0.493 e. The van der Waals surface area contributed by atoms with Gasteiger partial charge in [0.05, 0.1) is 23.6 Å². The molecule has 0 radical (unpaired) electrons. The Bertz CT molecular complexity index is 1040. The Morgan fingerprint density at radius 2 is 1.90 bits per heavy atom. The van der Waals surface area contributed by atoms with Crippen LogP contribution in [0.25, 0.3) is 6.08 Å². The van der Waals surface area contributed by atoms with E-state index in [-0.39, 0.29) is 23.8 Å². The molecule has 1 aliphatic rings. The minimum atomic E-state index is -1.11. The molecule has 10 heteroatoms. The fourth-order valence-corrected chi connectivity index (χ4v) is 3.74. The van der Waals surface area contributed by atoms with Crippen LogP contribution in [-0.4, -0.2) is 54.0 Å². The number of hydrogen-bond acceptors (Lipinski definition) is 7. The minimum Gasteiger partial charge on any atom is -0.493 e. The highest BCUT2D eigenvalue weighted by molar-refractivity contribution is 8.18. The maximum absolute atomic E-state index is 12.6. The van der Waals surface area contributed by atoms with Gasteiger partial charge >= 0.3 is 5.97 Å². The number of methoxy groups -OCH3 is 1. The van der Waals surface area contributed by atoms with E-state index in [9.17, 15) is 14.4 Å².